The fourth-order valence-electron chi connectivity index (χ4n) is 1.45. The van der Waals surface area contributed by atoms with Crippen molar-refractivity contribution in [3.8, 4) is 0 Å². The van der Waals surface area contributed by atoms with Gasteiger partial charge in [-0.15, -0.1) is 0 Å². The van der Waals surface area contributed by atoms with Gasteiger partial charge >= 0.3 is 0 Å². The van der Waals surface area contributed by atoms with E-state index in [2.05, 4.69) is 9.97 Å². The summed E-state index contributed by atoms with van der Waals surface area (Å²) in [6.07, 6.45) is 3.53. The molecule has 1 unspecified atom stereocenters. The molecule has 1 aromatic carbocycles. The Morgan fingerprint density at radius 2 is 2.06 bits per heavy atom. The summed E-state index contributed by atoms with van der Waals surface area (Å²) in [6.45, 7) is 1.94. The average molecular weight is 263 g/mol. The van der Waals surface area contributed by atoms with E-state index in [1.807, 2.05) is 13.0 Å². The van der Waals surface area contributed by atoms with Crippen LogP contribution >= 0.6 is 11.8 Å². The summed E-state index contributed by atoms with van der Waals surface area (Å²) >= 11 is 1.47. The van der Waals surface area contributed by atoms with Crippen LogP contribution in [0.3, 0.4) is 0 Å². The van der Waals surface area contributed by atoms with Gasteiger partial charge in [-0.25, -0.2) is 14.4 Å². The van der Waals surface area contributed by atoms with E-state index in [1.54, 1.807) is 18.5 Å². The summed E-state index contributed by atoms with van der Waals surface area (Å²) in [5, 5.41) is 0.687. The minimum absolute atomic E-state index is 0.226. The standard InChI is InChI=1S/C13H14FN3S/c1-9-6-16-13(17-7-9)18-8-12(15)10-3-2-4-11(14)5-10/h2-7,12H,8,15H2,1H3. The van der Waals surface area contributed by atoms with Crippen molar-refractivity contribution in [1.29, 1.82) is 0 Å². The lowest BCUT2D eigenvalue weighted by Crippen LogP contribution is -2.13. The lowest BCUT2D eigenvalue weighted by molar-refractivity contribution is 0.622. The molecule has 1 aromatic heterocycles. The molecule has 1 atom stereocenters. The Hall–Kier alpha value is -1.46. The maximum Gasteiger partial charge on any atom is 0.187 e. The average Bonchev–Trinajstić information content (AvgIpc) is 2.38. The van der Waals surface area contributed by atoms with Gasteiger partial charge in [-0.1, -0.05) is 23.9 Å². The number of halogens is 1. The van der Waals surface area contributed by atoms with Crippen molar-refractivity contribution in [2.45, 2.75) is 18.1 Å². The molecule has 2 rings (SSSR count). The first-order valence-corrected chi connectivity index (χ1v) is 6.56. The second kappa shape index (κ2) is 5.93. The van der Waals surface area contributed by atoms with Crippen LogP contribution in [0, 0.1) is 12.7 Å². The Bertz CT molecular complexity index is 516. The van der Waals surface area contributed by atoms with E-state index in [4.69, 9.17) is 5.73 Å². The zero-order chi connectivity index (χ0) is 13.0. The van der Waals surface area contributed by atoms with E-state index in [-0.39, 0.29) is 11.9 Å². The molecule has 0 saturated heterocycles. The summed E-state index contributed by atoms with van der Waals surface area (Å²) in [6, 6.07) is 6.13. The number of rotatable bonds is 4. The highest BCUT2D eigenvalue weighted by Gasteiger charge is 2.08. The maximum atomic E-state index is 13.0. The Balaban J connectivity index is 1.96. The molecule has 0 bridgehead atoms. The van der Waals surface area contributed by atoms with Crippen molar-refractivity contribution in [3.05, 3.63) is 53.6 Å². The van der Waals surface area contributed by atoms with E-state index in [9.17, 15) is 4.39 Å². The summed E-state index contributed by atoms with van der Waals surface area (Å²) < 4.78 is 13.0. The molecular weight excluding hydrogens is 249 g/mol. The SMILES string of the molecule is Cc1cnc(SCC(N)c2cccc(F)c2)nc1. The van der Waals surface area contributed by atoms with Gasteiger partial charge in [0, 0.05) is 24.2 Å². The quantitative estimate of drug-likeness (QED) is 0.680. The van der Waals surface area contributed by atoms with Gasteiger partial charge < -0.3 is 5.73 Å². The molecular formula is C13H14FN3S. The van der Waals surface area contributed by atoms with E-state index < -0.39 is 0 Å². The zero-order valence-corrected chi connectivity index (χ0v) is 10.8. The van der Waals surface area contributed by atoms with Crippen molar-refractivity contribution in [2.75, 3.05) is 5.75 Å². The number of benzene rings is 1. The summed E-state index contributed by atoms with van der Waals surface area (Å²) in [5.41, 5.74) is 7.81. The predicted molar refractivity (Wildman–Crippen MR) is 70.8 cm³/mol. The van der Waals surface area contributed by atoms with Crippen LogP contribution in [0.25, 0.3) is 0 Å². The summed E-state index contributed by atoms with van der Waals surface area (Å²) in [7, 11) is 0. The van der Waals surface area contributed by atoms with Crippen LogP contribution in [0.15, 0.2) is 41.8 Å². The van der Waals surface area contributed by atoms with Gasteiger partial charge in [0.1, 0.15) is 5.82 Å². The lowest BCUT2D eigenvalue weighted by atomic mass is 10.1. The first-order valence-electron chi connectivity index (χ1n) is 5.57. The molecule has 0 aliphatic heterocycles. The topological polar surface area (TPSA) is 51.8 Å². The van der Waals surface area contributed by atoms with Gasteiger partial charge in [0.05, 0.1) is 0 Å². The number of hydrogen-bond acceptors (Lipinski definition) is 4. The minimum Gasteiger partial charge on any atom is -0.323 e. The third kappa shape index (κ3) is 3.51. The molecule has 0 saturated carbocycles. The Kier molecular flexibility index (Phi) is 4.28. The Morgan fingerprint density at radius 3 is 2.72 bits per heavy atom. The molecule has 94 valence electrons. The summed E-state index contributed by atoms with van der Waals surface area (Å²) in [5.74, 6) is 0.353. The van der Waals surface area contributed by atoms with Gasteiger partial charge in [0.2, 0.25) is 0 Å². The Morgan fingerprint density at radius 1 is 1.33 bits per heavy atom. The molecule has 0 aliphatic rings. The first kappa shape index (κ1) is 13.0. The van der Waals surface area contributed by atoms with Crippen LogP contribution in [0.5, 0.6) is 0 Å². The van der Waals surface area contributed by atoms with Crippen LogP contribution in [0.1, 0.15) is 17.2 Å². The van der Waals surface area contributed by atoms with Crippen molar-refractivity contribution in [3.63, 3.8) is 0 Å². The van der Waals surface area contributed by atoms with E-state index in [1.165, 1.54) is 23.9 Å². The van der Waals surface area contributed by atoms with Crippen molar-refractivity contribution in [1.82, 2.24) is 9.97 Å². The molecule has 5 heteroatoms. The van der Waals surface area contributed by atoms with Crippen LogP contribution in [0.2, 0.25) is 0 Å². The van der Waals surface area contributed by atoms with Crippen LogP contribution in [0.4, 0.5) is 4.39 Å². The zero-order valence-electron chi connectivity index (χ0n) is 10.0. The molecule has 0 radical (unpaired) electrons. The number of nitrogens with zero attached hydrogens (tertiary/aromatic N) is 2. The number of nitrogens with two attached hydrogens (primary N) is 1. The van der Waals surface area contributed by atoms with E-state index in [0.717, 1.165) is 11.1 Å². The monoisotopic (exact) mass is 263 g/mol. The number of thioether (sulfide) groups is 1. The fraction of sp³-hybridized carbons (Fsp3) is 0.231. The van der Waals surface area contributed by atoms with Crippen LogP contribution < -0.4 is 5.73 Å². The first-order chi connectivity index (χ1) is 8.65. The second-order valence-electron chi connectivity index (χ2n) is 4.02. The molecule has 1 heterocycles. The number of aryl methyl sites for hydroxylation is 1. The Labute approximate surface area is 110 Å². The molecule has 18 heavy (non-hydrogen) atoms. The van der Waals surface area contributed by atoms with Crippen LogP contribution in [-0.2, 0) is 0 Å². The maximum absolute atomic E-state index is 13.0. The van der Waals surface area contributed by atoms with E-state index in [0.29, 0.717) is 10.9 Å². The number of hydrogen-bond donors (Lipinski definition) is 1. The van der Waals surface area contributed by atoms with Gasteiger partial charge in [0.15, 0.2) is 5.16 Å². The second-order valence-corrected chi connectivity index (χ2v) is 5.00. The van der Waals surface area contributed by atoms with Gasteiger partial charge in [-0.05, 0) is 30.2 Å². The smallest absolute Gasteiger partial charge is 0.187 e. The molecule has 3 nitrogen and oxygen atoms in total. The van der Waals surface area contributed by atoms with Crippen molar-refractivity contribution in [2.24, 2.45) is 5.73 Å². The lowest BCUT2D eigenvalue weighted by Gasteiger charge is -2.10. The van der Waals surface area contributed by atoms with Gasteiger partial charge in [0.25, 0.3) is 0 Å². The molecule has 2 aromatic rings. The molecule has 2 N–H and O–H groups in total. The normalized spacial score (nSPS) is 12.4. The summed E-state index contributed by atoms with van der Waals surface area (Å²) in [4.78, 5) is 8.37. The minimum atomic E-state index is -0.264. The highest BCUT2D eigenvalue weighted by atomic mass is 32.2. The van der Waals surface area contributed by atoms with Gasteiger partial charge in [-0.3, -0.25) is 0 Å². The van der Waals surface area contributed by atoms with Gasteiger partial charge in [-0.2, -0.15) is 0 Å². The van der Waals surface area contributed by atoms with E-state index >= 15 is 0 Å². The molecule has 0 fully saturated rings. The molecule has 0 aliphatic carbocycles. The molecule has 0 spiro atoms. The highest BCUT2D eigenvalue weighted by Crippen LogP contribution is 2.20. The predicted octanol–water partition coefficient (Wildman–Crippen LogP) is 2.72. The fourth-order valence-corrected chi connectivity index (χ4v) is 2.23. The largest absolute Gasteiger partial charge is 0.323 e. The van der Waals surface area contributed by atoms with Crippen molar-refractivity contribution < 1.29 is 4.39 Å². The third-order valence-electron chi connectivity index (χ3n) is 2.43. The third-order valence-corrected chi connectivity index (χ3v) is 3.42. The molecule has 0 amide bonds. The van der Waals surface area contributed by atoms with Crippen LogP contribution in [-0.4, -0.2) is 15.7 Å². The number of aromatic nitrogens is 2. The van der Waals surface area contributed by atoms with Crippen molar-refractivity contribution >= 4 is 11.8 Å². The highest BCUT2D eigenvalue weighted by molar-refractivity contribution is 7.99.